The van der Waals surface area contributed by atoms with Gasteiger partial charge >= 0.3 is 0 Å². The smallest absolute Gasteiger partial charge is 0.136 e. The molecule has 2 nitrogen and oxygen atoms in total. The van der Waals surface area contributed by atoms with Gasteiger partial charge in [-0.3, -0.25) is 4.79 Å². The summed E-state index contributed by atoms with van der Waals surface area (Å²) in [6.07, 6.45) is 2.88. The van der Waals surface area contributed by atoms with Crippen molar-refractivity contribution in [3.05, 3.63) is 0 Å². The van der Waals surface area contributed by atoms with E-state index in [-0.39, 0.29) is 5.92 Å². The summed E-state index contributed by atoms with van der Waals surface area (Å²) in [6, 6.07) is 0. The van der Waals surface area contributed by atoms with E-state index < -0.39 is 0 Å². The van der Waals surface area contributed by atoms with Gasteiger partial charge in [-0.2, -0.15) is 0 Å². The van der Waals surface area contributed by atoms with Crippen molar-refractivity contribution in [2.45, 2.75) is 40.0 Å². The molecule has 13 heavy (non-hydrogen) atoms. The first kappa shape index (κ1) is 12.6. The fraction of sp³-hybridized carbons (Fsp3) is 0.909. The molecule has 0 amide bonds. The van der Waals surface area contributed by atoms with Gasteiger partial charge in [0.1, 0.15) is 5.78 Å². The normalized spacial score (nSPS) is 13.3. The second-order valence-electron chi connectivity index (χ2n) is 4.19. The van der Waals surface area contributed by atoms with Gasteiger partial charge in [0, 0.05) is 18.9 Å². The zero-order chi connectivity index (χ0) is 10.3. The summed E-state index contributed by atoms with van der Waals surface area (Å²) < 4.78 is 0. The molecule has 1 unspecified atom stereocenters. The highest BCUT2D eigenvalue weighted by atomic mass is 16.1. The fourth-order valence-corrected chi connectivity index (χ4v) is 1.24. The van der Waals surface area contributed by atoms with Crippen LogP contribution in [0.4, 0.5) is 0 Å². The molecule has 0 rings (SSSR count). The monoisotopic (exact) mass is 185 g/mol. The van der Waals surface area contributed by atoms with Crippen LogP contribution in [0, 0.1) is 11.8 Å². The summed E-state index contributed by atoms with van der Waals surface area (Å²) in [7, 11) is 1.88. The van der Waals surface area contributed by atoms with Gasteiger partial charge in [0.25, 0.3) is 0 Å². The van der Waals surface area contributed by atoms with Crippen molar-refractivity contribution in [1.82, 2.24) is 5.32 Å². The first-order chi connectivity index (χ1) is 6.07. The van der Waals surface area contributed by atoms with Crippen LogP contribution in [0.3, 0.4) is 0 Å². The van der Waals surface area contributed by atoms with Gasteiger partial charge in [-0.1, -0.05) is 27.2 Å². The third kappa shape index (κ3) is 6.76. The van der Waals surface area contributed by atoms with Crippen molar-refractivity contribution in [3.8, 4) is 0 Å². The molecule has 0 aliphatic carbocycles. The number of hydrogen-bond donors (Lipinski definition) is 1. The molecule has 0 saturated carbocycles. The minimum absolute atomic E-state index is 0.246. The van der Waals surface area contributed by atoms with Crippen molar-refractivity contribution < 1.29 is 4.79 Å². The number of carbonyl (C=O) groups excluding carboxylic acids is 1. The van der Waals surface area contributed by atoms with Crippen LogP contribution in [0.5, 0.6) is 0 Å². The molecule has 0 radical (unpaired) electrons. The number of ketones is 1. The zero-order valence-corrected chi connectivity index (χ0v) is 9.39. The van der Waals surface area contributed by atoms with Crippen molar-refractivity contribution in [3.63, 3.8) is 0 Å². The van der Waals surface area contributed by atoms with Crippen LogP contribution in [0.1, 0.15) is 40.0 Å². The van der Waals surface area contributed by atoms with E-state index in [2.05, 4.69) is 19.2 Å². The average Bonchev–Trinajstić information content (AvgIpc) is 2.10. The SMILES string of the molecule is CNCCC(=O)C(C)CCC(C)C. The Bertz CT molecular complexity index is 143. The van der Waals surface area contributed by atoms with Crippen molar-refractivity contribution in [2.24, 2.45) is 11.8 Å². The van der Waals surface area contributed by atoms with E-state index >= 15 is 0 Å². The first-order valence-electron chi connectivity index (χ1n) is 5.25. The highest BCUT2D eigenvalue weighted by Gasteiger charge is 2.12. The quantitative estimate of drug-likeness (QED) is 0.659. The van der Waals surface area contributed by atoms with E-state index in [9.17, 15) is 4.79 Å². The van der Waals surface area contributed by atoms with E-state index in [0.29, 0.717) is 18.1 Å². The van der Waals surface area contributed by atoms with E-state index in [4.69, 9.17) is 0 Å². The maximum absolute atomic E-state index is 11.5. The van der Waals surface area contributed by atoms with Crippen molar-refractivity contribution in [2.75, 3.05) is 13.6 Å². The molecule has 78 valence electrons. The fourth-order valence-electron chi connectivity index (χ4n) is 1.24. The lowest BCUT2D eigenvalue weighted by atomic mass is 9.94. The minimum atomic E-state index is 0.246. The van der Waals surface area contributed by atoms with Gasteiger partial charge in [0.2, 0.25) is 0 Å². The number of nitrogens with one attached hydrogen (secondary N) is 1. The summed E-state index contributed by atoms with van der Waals surface area (Å²) in [5.74, 6) is 1.35. The van der Waals surface area contributed by atoms with Crippen LogP contribution in [-0.2, 0) is 4.79 Å². The maximum Gasteiger partial charge on any atom is 0.136 e. The van der Waals surface area contributed by atoms with Gasteiger partial charge in [-0.25, -0.2) is 0 Å². The molecule has 0 aromatic rings. The summed E-state index contributed by atoms with van der Waals surface area (Å²) in [5, 5.41) is 3.00. The largest absolute Gasteiger partial charge is 0.319 e. The minimum Gasteiger partial charge on any atom is -0.319 e. The Morgan fingerprint density at radius 1 is 1.23 bits per heavy atom. The molecular weight excluding hydrogens is 162 g/mol. The van der Waals surface area contributed by atoms with Gasteiger partial charge in [0.05, 0.1) is 0 Å². The summed E-state index contributed by atoms with van der Waals surface area (Å²) in [6.45, 7) is 7.25. The van der Waals surface area contributed by atoms with E-state index in [1.165, 1.54) is 0 Å². The molecule has 0 aromatic carbocycles. The van der Waals surface area contributed by atoms with Gasteiger partial charge in [-0.05, 0) is 19.4 Å². The lowest BCUT2D eigenvalue weighted by Gasteiger charge is -2.11. The molecular formula is C11H23NO. The maximum atomic E-state index is 11.5. The Morgan fingerprint density at radius 2 is 1.85 bits per heavy atom. The Labute approximate surface area is 82.1 Å². The molecule has 0 aromatic heterocycles. The van der Waals surface area contributed by atoms with Crippen LogP contribution in [0.15, 0.2) is 0 Å². The Hall–Kier alpha value is -0.370. The average molecular weight is 185 g/mol. The Balaban J connectivity index is 3.57. The van der Waals surface area contributed by atoms with Crippen LogP contribution < -0.4 is 5.32 Å². The van der Waals surface area contributed by atoms with E-state index in [0.717, 1.165) is 19.4 Å². The third-order valence-corrected chi connectivity index (χ3v) is 2.35. The van der Waals surface area contributed by atoms with Gasteiger partial charge in [-0.15, -0.1) is 0 Å². The van der Waals surface area contributed by atoms with Gasteiger partial charge in [0.15, 0.2) is 0 Å². The molecule has 0 aliphatic heterocycles. The Kier molecular flexibility index (Phi) is 6.87. The van der Waals surface area contributed by atoms with E-state index in [1.54, 1.807) is 0 Å². The van der Waals surface area contributed by atoms with Crippen molar-refractivity contribution in [1.29, 1.82) is 0 Å². The standard InChI is InChI=1S/C11H23NO/c1-9(2)5-6-10(3)11(13)7-8-12-4/h9-10,12H,5-8H2,1-4H3. The van der Waals surface area contributed by atoms with Gasteiger partial charge < -0.3 is 5.32 Å². The van der Waals surface area contributed by atoms with Crippen LogP contribution in [0.2, 0.25) is 0 Å². The number of Topliss-reactive ketones (excluding diaryl/α,β-unsaturated/α-hetero) is 1. The molecule has 0 bridgehead atoms. The lowest BCUT2D eigenvalue weighted by Crippen LogP contribution is -2.18. The molecule has 2 heteroatoms. The first-order valence-corrected chi connectivity index (χ1v) is 5.25. The number of hydrogen-bond acceptors (Lipinski definition) is 2. The van der Waals surface area contributed by atoms with E-state index in [1.807, 2.05) is 14.0 Å². The summed E-state index contributed by atoms with van der Waals surface area (Å²) in [4.78, 5) is 11.5. The molecule has 0 heterocycles. The number of rotatable bonds is 7. The van der Waals surface area contributed by atoms with Crippen molar-refractivity contribution >= 4 is 5.78 Å². The second kappa shape index (κ2) is 7.07. The predicted octanol–water partition coefficient (Wildman–Crippen LogP) is 2.24. The summed E-state index contributed by atoms with van der Waals surface area (Å²) in [5.41, 5.74) is 0. The highest BCUT2D eigenvalue weighted by Crippen LogP contribution is 2.13. The Morgan fingerprint density at radius 3 is 2.31 bits per heavy atom. The second-order valence-corrected chi connectivity index (χ2v) is 4.19. The molecule has 0 saturated heterocycles. The molecule has 1 N–H and O–H groups in total. The zero-order valence-electron chi connectivity index (χ0n) is 9.39. The number of carbonyl (C=O) groups is 1. The van der Waals surface area contributed by atoms with Crippen LogP contribution in [-0.4, -0.2) is 19.4 Å². The lowest BCUT2D eigenvalue weighted by molar-refractivity contribution is -0.122. The summed E-state index contributed by atoms with van der Waals surface area (Å²) >= 11 is 0. The third-order valence-electron chi connectivity index (χ3n) is 2.35. The molecule has 0 aliphatic rings. The van der Waals surface area contributed by atoms with Crippen LogP contribution in [0.25, 0.3) is 0 Å². The topological polar surface area (TPSA) is 29.1 Å². The molecule has 1 atom stereocenters. The molecule has 0 fully saturated rings. The van der Waals surface area contributed by atoms with Crippen LogP contribution >= 0.6 is 0 Å². The predicted molar refractivity (Wildman–Crippen MR) is 56.8 cm³/mol. The molecule has 0 spiro atoms. The highest BCUT2D eigenvalue weighted by molar-refractivity contribution is 5.80.